The lowest BCUT2D eigenvalue weighted by molar-refractivity contribution is -0.135. The molecular weight excluding hydrogens is 302 g/mol. The van der Waals surface area contributed by atoms with E-state index in [1.807, 2.05) is 55.6 Å². The number of rotatable bonds is 2. The van der Waals surface area contributed by atoms with Crippen LogP contribution in [0, 0.1) is 11.8 Å². The predicted octanol–water partition coefficient (Wildman–Crippen LogP) is 2.93. The van der Waals surface area contributed by atoms with Gasteiger partial charge in [0.2, 0.25) is 0 Å². The van der Waals surface area contributed by atoms with E-state index in [-0.39, 0.29) is 0 Å². The summed E-state index contributed by atoms with van der Waals surface area (Å²) in [6.07, 6.45) is 1.64. The summed E-state index contributed by atoms with van der Waals surface area (Å²) in [4.78, 5) is 23.7. The zero-order valence-corrected chi connectivity index (χ0v) is 13.4. The molecule has 3 aromatic rings. The molecule has 1 aromatic heterocycles. The van der Waals surface area contributed by atoms with Crippen LogP contribution in [0.2, 0.25) is 0 Å². The van der Waals surface area contributed by atoms with Crippen molar-refractivity contribution >= 4 is 22.7 Å². The predicted molar refractivity (Wildman–Crippen MR) is 91.7 cm³/mol. The molecule has 0 saturated heterocycles. The number of fused-ring (bicyclic) bond motifs is 1. The summed E-state index contributed by atoms with van der Waals surface area (Å²) in [7, 11) is 3.02. The smallest absolute Gasteiger partial charge is 0.379 e. The zero-order chi connectivity index (χ0) is 17.1. The third-order valence-electron chi connectivity index (χ3n) is 3.73. The van der Waals surface area contributed by atoms with Gasteiger partial charge in [0, 0.05) is 35.3 Å². The molecule has 0 amide bonds. The molecule has 0 radical (unpaired) electrons. The van der Waals surface area contributed by atoms with Gasteiger partial charge in [-0.2, -0.15) is 0 Å². The lowest BCUT2D eigenvalue weighted by Gasteiger charge is -1.98. The molecule has 1 heterocycles. The maximum Gasteiger partial charge on any atom is 0.379 e. The Balaban J connectivity index is 2.06. The van der Waals surface area contributed by atoms with Crippen LogP contribution in [0.25, 0.3) is 10.9 Å². The van der Waals surface area contributed by atoms with Gasteiger partial charge in [0.15, 0.2) is 0 Å². The standard InChI is InChI=1S/C20H15NO3/c1-21-13-17(19(22)20(23)24-2)16-12-15(10-11-18(16)21)9-8-14-6-4-3-5-7-14/h3-7,10-13H,1-2H3. The van der Waals surface area contributed by atoms with Gasteiger partial charge in [0.25, 0.3) is 5.78 Å². The van der Waals surface area contributed by atoms with Crippen LogP contribution < -0.4 is 0 Å². The molecular formula is C20H15NO3. The molecule has 0 N–H and O–H groups in total. The molecule has 118 valence electrons. The number of aromatic nitrogens is 1. The van der Waals surface area contributed by atoms with Crippen LogP contribution in [0.15, 0.2) is 54.7 Å². The van der Waals surface area contributed by atoms with Crippen molar-refractivity contribution in [2.24, 2.45) is 7.05 Å². The first kappa shape index (κ1) is 15.6. The van der Waals surface area contributed by atoms with Gasteiger partial charge in [-0.1, -0.05) is 30.0 Å². The normalized spacial score (nSPS) is 10.1. The van der Waals surface area contributed by atoms with Gasteiger partial charge in [-0.05, 0) is 30.3 Å². The van der Waals surface area contributed by atoms with E-state index >= 15 is 0 Å². The number of benzene rings is 2. The average molecular weight is 317 g/mol. The second-order valence-corrected chi connectivity index (χ2v) is 5.32. The third kappa shape index (κ3) is 2.92. The monoisotopic (exact) mass is 317 g/mol. The molecule has 24 heavy (non-hydrogen) atoms. The Morgan fingerprint density at radius 2 is 1.71 bits per heavy atom. The summed E-state index contributed by atoms with van der Waals surface area (Å²) in [5, 5.41) is 0.688. The minimum atomic E-state index is -0.872. The number of Topliss-reactive ketones (excluding diaryl/α,β-unsaturated/α-hetero) is 1. The van der Waals surface area contributed by atoms with Gasteiger partial charge in [-0.15, -0.1) is 0 Å². The number of ether oxygens (including phenoxy) is 1. The summed E-state index contributed by atoms with van der Waals surface area (Å²) in [5.41, 5.74) is 2.86. The molecule has 0 bridgehead atoms. The van der Waals surface area contributed by atoms with E-state index in [4.69, 9.17) is 0 Å². The summed E-state index contributed by atoms with van der Waals surface area (Å²) < 4.78 is 6.34. The van der Waals surface area contributed by atoms with Crippen LogP contribution >= 0.6 is 0 Å². The van der Waals surface area contributed by atoms with E-state index < -0.39 is 11.8 Å². The first-order chi connectivity index (χ1) is 11.6. The van der Waals surface area contributed by atoms with Crippen LogP contribution in [-0.2, 0) is 16.6 Å². The molecule has 2 aromatic carbocycles. The van der Waals surface area contributed by atoms with Crippen molar-refractivity contribution in [3.05, 3.63) is 71.4 Å². The number of hydrogen-bond acceptors (Lipinski definition) is 3. The van der Waals surface area contributed by atoms with Crippen molar-refractivity contribution in [1.29, 1.82) is 0 Å². The van der Waals surface area contributed by atoms with Gasteiger partial charge in [-0.25, -0.2) is 4.79 Å². The summed E-state index contributed by atoms with van der Waals surface area (Å²) in [5.74, 6) is 4.64. The minimum Gasteiger partial charge on any atom is -0.463 e. The third-order valence-corrected chi connectivity index (χ3v) is 3.73. The molecule has 0 atom stereocenters. The molecule has 0 aliphatic carbocycles. The highest BCUT2D eigenvalue weighted by Gasteiger charge is 2.21. The van der Waals surface area contributed by atoms with Gasteiger partial charge in [0.05, 0.1) is 12.7 Å². The topological polar surface area (TPSA) is 48.3 Å². The molecule has 0 aliphatic heterocycles. The Morgan fingerprint density at radius 1 is 1.00 bits per heavy atom. The van der Waals surface area contributed by atoms with Crippen molar-refractivity contribution in [2.75, 3.05) is 7.11 Å². The van der Waals surface area contributed by atoms with E-state index in [0.717, 1.165) is 16.6 Å². The van der Waals surface area contributed by atoms with E-state index in [1.165, 1.54) is 7.11 Å². The number of esters is 1. The number of carbonyl (C=O) groups excluding carboxylic acids is 2. The molecule has 4 heteroatoms. The summed E-state index contributed by atoms with van der Waals surface area (Å²) >= 11 is 0. The van der Waals surface area contributed by atoms with E-state index in [0.29, 0.717) is 10.9 Å². The Labute approximate surface area is 139 Å². The fraction of sp³-hybridized carbons (Fsp3) is 0.100. The van der Waals surface area contributed by atoms with Crippen LogP contribution in [0.4, 0.5) is 0 Å². The van der Waals surface area contributed by atoms with Crippen LogP contribution in [0.3, 0.4) is 0 Å². The Hall–Kier alpha value is -3.32. The minimum absolute atomic E-state index is 0.322. The molecule has 0 spiro atoms. The molecule has 0 aliphatic rings. The van der Waals surface area contributed by atoms with E-state index in [2.05, 4.69) is 16.6 Å². The first-order valence-corrected chi connectivity index (χ1v) is 7.39. The molecule has 3 rings (SSSR count). The maximum absolute atomic E-state index is 12.2. The highest BCUT2D eigenvalue weighted by atomic mass is 16.5. The number of carbonyl (C=O) groups is 2. The fourth-order valence-corrected chi connectivity index (χ4v) is 2.52. The lowest BCUT2D eigenvalue weighted by atomic mass is 10.1. The van der Waals surface area contributed by atoms with E-state index in [1.54, 1.807) is 10.8 Å². The van der Waals surface area contributed by atoms with Crippen LogP contribution in [0.5, 0.6) is 0 Å². The van der Waals surface area contributed by atoms with Gasteiger partial charge in [-0.3, -0.25) is 4.79 Å². The molecule has 4 nitrogen and oxygen atoms in total. The Morgan fingerprint density at radius 3 is 2.42 bits per heavy atom. The largest absolute Gasteiger partial charge is 0.463 e. The Bertz CT molecular complexity index is 988. The van der Waals surface area contributed by atoms with Crippen molar-refractivity contribution in [1.82, 2.24) is 4.57 Å². The van der Waals surface area contributed by atoms with Crippen LogP contribution in [-0.4, -0.2) is 23.4 Å². The van der Waals surface area contributed by atoms with E-state index in [9.17, 15) is 9.59 Å². The quantitative estimate of drug-likeness (QED) is 0.316. The molecule has 0 saturated carbocycles. The molecule has 0 unspecified atom stereocenters. The highest BCUT2D eigenvalue weighted by Crippen LogP contribution is 2.22. The van der Waals surface area contributed by atoms with Crippen molar-refractivity contribution < 1.29 is 14.3 Å². The first-order valence-electron chi connectivity index (χ1n) is 7.39. The second kappa shape index (κ2) is 6.43. The number of hydrogen-bond donors (Lipinski definition) is 0. The summed E-state index contributed by atoms with van der Waals surface area (Å²) in [6.45, 7) is 0. The SMILES string of the molecule is COC(=O)C(=O)c1cn(C)c2ccc(C#Cc3ccccc3)cc12. The highest BCUT2D eigenvalue weighted by molar-refractivity contribution is 6.43. The van der Waals surface area contributed by atoms with Gasteiger partial charge >= 0.3 is 5.97 Å². The van der Waals surface area contributed by atoms with Gasteiger partial charge in [0.1, 0.15) is 0 Å². The zero-order valence-electron chi connectivity index (χ0n) is 13.4. The van der Waals surface area contributed by atoms with Crippen molar-refractivity contribution in [3.63, 3.8) is 0 Å². The fourth-order valence-electron chi connectivity index (χ4n) is 2.52. The maximum atomic E-state index is 12.2. The lowest BCUT2D eigenvalue weighted by Crippen LogP contribution is -2.15. The Kier molecular flexibility index (Phi) is 4.17. The van der Waals surface area contributed by atoms with Gasteiger partial charge < -0.3 is 9.30 Å². The molecule has 0 fully saturated rings. The average Bonchev–Trinajstić information content (AvgIpc) is 2.95. The van der Waals surface area contributed by atoms with Crippen molar-refractivity contribution in [3.8, 4) is 11.8 Å². The number of aryl methyl sites for hydroxylation is 1. The van der Waals surface area contributed by atoms with Crippen LogP contribution in [0.1, 0.15) is 21.5 Å². The second-order valence-electron chi connectivity index (χ2n) is 5.32. The number of ketones is 1. The number of methoxy groups -OCH3 is 1. The summed E-state index contributed by atoms with van der Waals surface area (Å²) in [6, 6.07) is 15.3. The van der Waals surface area contributed by atoms with Crippen molar-refractivity contribution in [2.45, 2.75) is 0 Å². The number of nitrogens with zero attached hydrogens (tertiary/aromatic N) is 1.